The molecule has 200 valence electrons. The van der Waals surface area contributed by atoms with Crippen LogP contribution >= 0.6 is 0 Å². The van der Waals surface area contributed by atoms with E-state index < -0.39 is 17.7 Å². The third-order valence-electron chi connectivity index (χ3n) is 5.99. The number of ketones is 1. The summed E-state index contributed by atoms with van der Waals surface area (Å²) in [5, 5.41) is 11.4. The fourth-order valence-corrected chi connectivity index (χ4v) is 4.20. The molecular formula is C30H40N2O5. The maximum absolute atomic E-state index is 13.3. The lowest BCUT2D eigenvalue weighted by atomic mass is 9.95. The number of Topliss-reactive ketones (excluding diaryl/α,β-unsaturated/α-hetero) is 1. The van der Waals surface area contributed by atoms with Crippen molar-refractivity contribution in [2.75, 3.05) is 40.4 Å². The van der Waals surface area contributed by atoms with Gasteiger partial charge in [0.05, 0.1) is 24.8 Å². The van der Waals surface area contributed by atoms with Crippen LogP contribution in [0.2, 0.25) is 0 Å². The van der Waals surface area contributed by atoms with Gasteiger partial charge in [0.1, 0.15) is 17.3 Å². The summed E-state index contributed by atoms with van der Waals surface area (Å²) in [4.78, 5) is 30.1. The summed E-state index contributed by atoms with van der Waals surface area (Å²) < 4.78 is 11.7. The summed E-state index contributed by atoms with van der Waals surface area (Å²) in [7, 11) is 3.94. The molecule has 1 aliphatic rings. The molecule has 7 heteroatoms. The van der Waals surface area contributed by atoms with E-state index in [2.05, 4.69) is 27.7 Å². The van der Waals surface area contributed by atoms with Crippen LogP contribution in [0, 0.1) is 11.8 Å². The summed E-state index contributed by atoms with van der Waals surface area (Å²) in [6.07, 6.45) is 0.693. The number of amides is 1. The van der Waals surface area contributed by atoms with Crippen molar-refractivity contribution in [3.63, 3.8) is 0 Å². The molecule has 37 heavy (non-hydrogen) atoms. The second-order valence-corrected chi connectivity index (χ2v) is 10.7. The summed E-state index contributed by atoms with van der Waals surface area (Å²) in [5.41, 5.74) is 1.24. The number of benzene rings is 2. The highest BCUT2D eigenvalue weighted by Gasteiger charge is 2.46. The van der Waals surface area contributed by atoms with Crippen LogP contribution in [0.1, 0.15) is 51.3 Å². The first-order chi connectivity index (χ1) is 17.6. The summed E-state index contributed by atoms with van der Waals surface area (Å²) in [6, 6.07) is 13.7. The van der Waals surface area contributed by atoms with Gasteiger partial charge in [-0.15, -0.1) is 0 Å². The molecule has 1 aliphatic heterocycles. The van der Waals surface area contributed by atoms with Crippen LogP contribution in [0.25, 0.3) is 5.76 Å². The number of aliphatic hydroxyl groups excluding tert-OH is 1. The standard InChI is InChI=1S/C30H40N2O5/c1-20(2)18-36-24-12-7-10-22(16-24)27-26(29(34)30(35)32(27)15-9-14-31(5)6)28(33)23-11-8-13-25(17-23)37-19-21(3)4/h7-8,10-13,16-17,20-21,27,33H,9,14-15,18-19H2,1-6H3/b28-26-. The highest BCUT2D eigenvalue weighted by molar-refractivity contribution is 6.46. The van der Waals surface area contributed by atoms with Crippen molar-refractivity contribution in [1.82, 2.24) is 9.80 Å². The van der Waals surface area contributed by atoms with E-state index in [-0.39, 0.29) is 11.3 Å². The molecule has 1 amide bonds. The van der Waals surface area contributed by atoms with Gasteiger partial charge in [0.15, 0.2) is 0 Å². The number of aliphatic hydroxyl groups is 1. The van der Waals surface area contributed by atoms with Gasteiger partial charge in [0, 0.05) is 12.1 Å². The molecule has 1 unspecified atom stereocenters. The van der Waals surface area contributed by atoms with Crippen LogP contribution in [-0.2, 0) is 9.59 Å². The number of carbonyl (C=O) groups is 2. The highest BCUT2D eigenvalue weighted by Crippen LogP contribution is 2.40. The topological polar surface area (TPSA) is 79.3 Å². The van der Waals surface area contributed by atoms with Crippen molar-refractivity contribution in [3.8, 4) is 11.5 Å². The van der Waals surface area contributed by atoms with Gasteiger partial charge in [-0.05, 0) is 68.7 Å². The molecule has 7 nitrogen and oxygen atoms in total. The Bertz CT molecular complexity index is 1120. The number of nitrogens with zero attached hydrogens (tertiary/aromatic N) is 2. The lowest BCUT2D eigenvalue weighted by Crippen LogP contribution is -2.32. The molecule has 3 rings (SSSR count). The van der Waals surface area contributed by atoms with E-state index >= 15 is 0 Å². The average Bonchev–Trinajstić information content (AvgIpc) is 3.11. The van der Waals surface area contributed by atoms with Gasteiger partial charge in [0.2, 0.25) is 0 Å². The Hall–Kier alpha value is -3.32. The second kappa shape index (κ2) is 12.8. The number of rotatable bonds is 12. The van der Waals surface area contributed by atoms with Gasteiger partial charge in [-0.3, -0.25) is 9.59 Å². The number of ether oxygens (including phenoxy) is 2. The molecular weight excluding hydrogens is 468 g/mol. The minimum atomic E-state index is -0.718. The van der Waals surface area contributed by atoms with E-state index in [1.54, 1.807) is 23.1 Å². The van der Waals surface area contributed by atoms with E-state index in [0.717, 1.165) is 12.1 Å². The summed E-state index contributed by atoms with van der Waals surface area (Å²) >= 11 is 0. The van der Waals surface area contributed by atoms with Gasteiger partial charge in [-0.25, -0.2) is 0 Å². The smallest absolute Gasteiger partial charge is 0.295 e. The van der Waals surface area contributed by atoms with Crippen LogP contribution in [0.15, 0.2) is 54.1 Å². The normalized spacial score (nSPS) is 17.3. The van der Waals surface area contributed by atoms with Gasteiger partial charge < -0.3 is 24.4 Å². The molecule has 0 radical (unpaired) electrons. The van der Waals surface area contributed by atoms with Crippen molar-refractivity contribution in [2.45, 2.75) is 40.2 Å². The Morgan fingerprint density at radius 1 is 0.946 bits per heavy atom. The number of likely N-dealkylation sites (tertiary alicyclic amines) is 1. The zero-order chi connectivity index (χ0) is 27.1. The first-order valence-electron chi connectivity index (χ1n) is 13.0. The lowest BCUT2D eigenvalue weighted by Gasteiger charge is -2.26. The first kappa shape index (κ1) is 28.3. The minimum Gasteiger partial charge on any atom is -0.507 e. The van der Waals surface area contributed by atoms with Crippen molar-refractivity contribution in [2.24, 2.45) is 11.8 Å². The third-order valence-corrected chi connectivity index (χ3v) is 5.99. The molecule has 2 aromatic carbocycles. The Kier molecular flexibility index (Phi) is 9.75. The molecule has 0 bridgehead atoms. The first-order valence-corrected chi connectivity index (χ1v) is 13.0. The molecule has 0 saturated carbocycles. The Balaban J connectivity index is 2.05. The summed E-state index contributed by atoms with van der Waals surface area (Å²) in [5.74, 6) is 0.454. The van der Waals surface area contributed by atoms with Crippen LogP contribution < -0.4 is 9.47 Å². The van der Waals surface area contributed by atoms with Crippen LogP contribution in [0.5, 0.6) is 11.5 Å². The van der Waals surface area contributed by atoms with Crippen molar-refractivity contribution >= 4 is 17.4 Å². The van der Waals surface area contributed by atoms with Crippen LogP contribution in [0.4, 0.5) is 0 Å². The SMILES string of the molecule is CC(C)COc1cccc(/C(O)=C2/C(=O)C(=O)N(CCCN(C)C)C2c2cccc(OCC(C)C)c2)c1. The minimum absolute atomic E-state index is 0.0804. The van der Waals surface area contributed by atoms with E-state index in [9.17, 15) is 14.7 Å². The second-order valence-electron chi connectivity index (χ2n) is 10.7. The van der Waals surface area contributed by atoms with Gasteiger partial charge in [0.25, 0.3) is 11.7 Å². The maximum atomic E-state index is 13.3. The van der Waals surface area contributed by atoms with E-state index in [1.807, 2.05) is 49.3 Å². The number of carbonyl (C=O) groups excluding carboxylic acids is 2. The molecule has 2 aromatic rings. The summed E-state index contributed by atoms with van der Waals surface area (Å²) in [6.45, 7) is 10.5. The maximum Gasteiger partial charge on any atom is 0.295 e. The average molecular weight is 509 g/mol. The van der Waals surface area contributed by atoms with Crippen LogP contribution in [-0.4, -0.2) is 67.0 Å². The molecule has 1 N–H and O–H groups in total. The van der Waals surface area contributed by atoms with Crippen molar-refractivity contribution < 1.29 is 24.2 Å². The molecule has 0 aromatic heterocycles. The van der Waals surface area contributed by atoms with Gasteiger partial charge >= 0.3 is 0 Å². The molecule has 1 saturated heterocycles. The number of hydrogen-bond acceptors (Lipinski definition) is 6. The predicted molar refractivity (Wildman–Crippen MR) is 146 cm³/mol. The molecule has 0 aliphatic carbocycles. The third kappa shape index (κ3) is 7.35. The van der Waals surface area contributed by atoms with E-state index in [1.165, 1.54) is 0 Å². The predicted octanol–water partition coefficient (Wildman–Crippen LogP) is 5.13. The molecule has 1 atom stereocenters. The monoisotopic (exact) mass is 508 g/mol. The van der Waals surface area contributed by atoms with E-state index in [0.29, 0.717) is 55.1 Å². The Morgan fingerprint density at radius 3 is 2.14 bits per heavy atom. The zero-order valence-corrected chi connectivity index (χ0v) is 22.9. The van der Waals surface area contributed by atoms with E-state index in [4.69, 9.17) is 9.47 Å². The fourth-order valence-electron chi connectivity index (χ4n) is 4.20. The highest BCUT2D eigenvalue weighted by atomic mass is 16.5. The largest absolute Gasteiger partial charge is 0.507 e. The molecule has 0 spiro atoms. The Morgan fingerprint density at radius 2 is 1.54 bits per heavy atom. The van der Waals surface area contributed by atoms with Crippen LogP contribution in [0.3, 0.4) is 0 Å². The fraction of sp³-hybridized carbons (Fsp3) is 0.467. The van der Waals surface area contributed by atoms with Crippen molar-refractivity contribution in [1.29, 1.82) is 0 Å². The molecule has 1 fully saturated rings. The van der Waals surface area contributed by atoms with Gasteiger partial charge in [-0.2, -0.15) is 0 Å². The Labute approximate surface area is 220 Å². The zero-order valence-electron chi connectivity index (χ0n) is 22.9. The quantitative estimate of drug-likeness (QED) is 0.243. The van der Waals surface area contributed by atoms with Gasteiger partial charge in [-0.1, -0.05) is 52.0 Å². The lowest BCUT2D eigenvalue weighted by molar-refractivity contribution is -0.139. The van der Waals surface area contributed by atoms with Crippen molar-refractivity contribution in [3.05, 3.63) is 65.2 Å². The molecule has 1 heterocycles. The number of hydrogen-bond donors (Lipinski definition) is 1.